The fourth-order valence-corrected chi connectivity index (χ4v) is 2.71. The van der Waals surface area contributed by atoms with Gasteiger partial charge in [-0.2, -0.15) is 0 Å². The molecule has 2 rings (SSSR count). The van der Waals surface area contributed by atoms with Crippen molar-refractivity contribution in [3.63, 3.8) is 0 Å². The van der Waals surface area contributed by atoms with E-state index in [1.807, 2.05) is 43.3 Å². The molecule has 2 aromatic rings. The highest BCUT2D eigenvalue weighted by molar-refractivity contribution is 5.78. The molecule has 140 valence electrons. The standard InChI is InChI=1S/C21H28N2O3/c1-15(17-8-6-5-7-9-17)13-23-21(24)14-22-16(2)18-10-11-19(25-3)20(12-18)26-4/h5-12,15-16,22H,13-14H2,1-4H3,(H,23,24)/t15-,16+/m1/s1. The normalized spacial score (nSPS) is 12.9. The predicted molar refractivity (Wildman–Crippen MR) is 104 cm³/mol. The van der Waals surface area contributed by atoms with Crippen LogP contribution in [0.5, 0.6) is 11.5 Å². The van der Waals surface area contributed by atoms with Gasteiger partial charge in [0, 0.05) is 12.6 Å². The van der Waals surface area contributed by atoms with Crippen molar-refractivity contribution >= 4 is 5.91 Å². The van der Waals surface area contributed by atoms with Crippen molar-refractivity contribution in [2.24, 2.45) is 0 Å². The summed E-state index contributed by atoms with van der Waals surface area (Å²) in [6, 6.07) is 16.0. The molecule has 1 amide bonds. The van der Waals surface area contributed by atoms with Crippen molar-refractivity contribution in [3.8, 4) is 11.5 Å². The van der Waals surface area contributed by atoms with E-state index in [1.54, 1.807) is 14.2 Å². The molecule has 5 nitrogen and oxygen atoms in total. The molecule has 0 radical (unpaired) electrons. The number of hydrogen-bond donors (Lipinski definition) is 2. The van der Waals surface area contributed by atoms with Crippen molar-refractivity contribution in [1.82, 2.24) is 10.6 Å². The Morgan fingerprint density at radius 1 is 0.962 bits per heavy atom. The fourth-order valence-electron chi connectivity index (χ4n) is 2.71. The molecule has 0 aromatic heterocycles. The van der Waals surface area contributed by atoms with Gasteiger partial charge >= 0.3 is 0 Å². The molecule has 0 aliphatic carbocycles. The molecule has 2 aromatic carbocycles. The Hall–Kier alpha value is -2.53. The van der Waals surface area contributed by atoms with Gasteiger partial charge in [0.2, 0.25) is 5.91 Å². The minimum Gasteiger partial charge on any atom is -0.493 e. The van der Waals surface area contributed by atoms with Gasteiger partial charge in [-0.3, -0.25) is 4.79 Å². The summed E-state index contributed by atoms with van der Waals surface area (Å²) in [7, 11) is 3.22. The third-order valence-electron chi connectivity index (χ3n) is 4.45. The molecular weight excluding hydrogens is 328 g/mol. The largest absolute Gasteiger partial charge is 0.493 e. The van der Waals surface area contributed by atoms with Gasteiger partial charge in [-0.05, 0) is 36.1 Å². The first-order valence-electron chi connectivity index (χ1n) is 8.82. The maximum atomic E-state index is 12.1. The van der Waals surface area contributed by atoms with E-state index in [4.69, 9.17) is 9.47 Å². The van der Waals surface area contributed by atoms with Crippen molar-refractivity contribution in [1.29, 1.82) is 0 Å². The molecule has 0 saturated carbocycles. The predicted octanol–water partition coefficient (Wildman–Crippen LogP) is 3.27. The van der Waals surface area contributed by atoms with Crippen LogP contribution in [0, 0.1) is 0 Å². The average molecular weight is 356 g/mol. The van der Waals surface area contributed by atoms with Gasteiger partial charge in [-0.25, -0.2) is 0 Å². The molecule has 0 aliphatic rings. The highest BCUT2D eigenvalue weighted by atomic mass is 16.5. The number of benzene rings is 2. The fraction of sp³-hybridized carbons (Fsp3) is 0.381. The number of amides is 1. The van der Waals surface area contributed by atoms with Gasteiger partial charge < -0.3 is 20.1 Å². The first-order valence-corrected chi connectivity index (χ1v) is 8.82. The Kier molecular flexibility index (Phi) is 7.48. The minimum absolute atomic E-state index is 0.0138. The number of rotatable bonds is 9. The molecule has 2 atom stereocenters. The summed E-state index contributed by atoms with van der Waals surface area (Å²) in [6.07, 6.45) is 0. The van der Waals surface area contributed by atoms with E-state index in [2.05, 4.69) is 29.7 Å². The van der Waals surface area contributed by atoms with Gasteiger partial charge in [-0.15, -0.1) is 0 Å². The first kappa shape index (κ1) is 19.8. The number of hydrogen-bond acceptors (Lipinski definition) is 4. The van der Waals surface area contributed by atoms with E-state index in [0.29, 0.717) is 18.0 Å². The Morgan fingerprint density at radius 2 is 1.65 bits per heavy atom. The second kappa shape index (κ2) is 9.82. The van der Waals surface area contributed by atoms with E-state index < -0.39 is 0 Å². The van der Waals surface area contributed by atoms with Crippen molar-refractivity contribution < 1.29 is 14.3 Å². The summed E-state index contributed by atoms with van der Waals surface area (Å²) in [5, 5.41) is 6.22. The Balaban J connectivity index is 1.81. The first-order chi connectivity index (χ1) is 12.5. The van der Waals surface area contributed by atoms with Crippen LogP contribution in [0.1, 0.15) is 36.9 Å². The summed E-state index contributed by atoms with van der Waals surface area (Å²) in [6.45, 7) is 5.00. The Bertz CT molecular complexity index is 704. The smallest absolute Gasteiger partial charge is 0.233 e. The van der Waals surface area contributed by atoms with E-state index in [-0.39, 0.29) is 24.4 Å². The van der Waals surface area contributed by atoms with Crippen LogP contribution in [0.2, 0.25) is 0 Å². The van der Waals surface area contributed by atoms with E-state index >= 15 is 0 Å². The summed E-state index contributed by atoms with van der Waals surface area (Å²) < 4.78 is 10.6. The average Bonchev–Trinajstić information content (AvgIpc) is 2.70. The number of carbonyl (C=O) groups excluding carboxylic acids is 1. The lowest BCUT2D eigenvalue weighted by Gasteiger charge is -2.17. The van der Waals surface area contributed by atoms with Crippen LogP contribution in [0.15, 0.2) is 48.5 Å². The number of ether oxygens (including phenoxy) is 2. The van der Waals surface area contributed by atoms with Crippen molar-refractivity contribution in [3.05, 3.63) is 59.7 Å². The van der Waals surface area contributed by atoms with E-state index in [1.165, 1.54) is 5.56 Å². The summed E-state index contributed by atoms with van der Waals surface area (Å²) >= 11 is 0. The second-order valence-electron chi connectivity index (χ2n) is 6.33. The molecule has 2 N–H and O–H groups in total. The van der Waals surface area contributed by atoms with Crippen LogP contribution in [0.4, 0.5) is 0 Å². The lowest BCUT2D eigenvalue weighted by Crippen LogP contribution is -2.36. The van der Waals surface area contributed by atoms with Crippen LogP contribution < -0.4 is 20.1 Å². The molecular formula is C21H28N2O3. The minimum atomic E-state index is -0.0138. The van der Waals surface area contributed by atoms with Crippen LogP contribution in [-0.4, -0.2) is 33.2 Å². The third-order valence-corrected chi connectivity index (χ3v) is 4.45. The van der Waals surface area contributed by atoms with Crippen LogP contribution in [0.3, 0.4) is 0 Å². The lowest BCUT2D eigenvalue weighted by molar-refractivity contribution is -0.120. The highest BCUT2D eigenvalue weighted by Gasteiger charge is 2.12. The SMILES string of the molecule is COc1ccc([C@H](C)NCC(=O)NC[C@@H](C)c2ccccc2)cc1OC. The third kappa shape index (κ3) is 5.49. The summed E-state index contributed by atoms with van der Waals surface area (Å²) in [5.74, 6) is 1.64. The molecule has 0 aliphatic heterocycles. The number of nitrogens with one attached hydrogen (secondary N) is 2. The molecule has 0 saturated heterocycles. The lowest BCUT2D eigenvalue weighted by atomic mass is 10.0. The molecule has 0 heterocycles. The summed E-state index contributed by atoms with van der Waals surface area (Å²) in [5.41, 5.74) is 2.26. The van der Waals surface area contributed by atoms with Gasteiger partial charge in [0.25, 0.3) is 0 Å². The van der Waals surface area contributed by atoms with Crippen LogP contribution in [-0.2, 0) is 4.79 Å². The van der Waals surface area contributed by atoms with Gasteiger partial charge in [-0.1, -0.05) is 43.3 Å². The Labute approximate surface area is 155 Å². The molecule has 0 fully saturated rings. The van der Waals surface area contributed by atoms with E-state index in [0.717, 1.165) is 5.56 Å². The van der Waals surface area contributed by atoms with Crippen molar-refractivity contribution in [2.75, 3.05) is 27.3 Å². The van der Waals surface area contributed by atoms with Gasteiger partial charge in [0.1, 0.15) is 0 Å². The maximum absolute atomic E-state index is 12.1. The number of carbonyl (C=O) groups is 1. The quantitative estimate of drug-likeness (QED) is 0.724. The second-order valence-corrected chi connectivity index (χ2v) is 6.33. The maximum Gasteiger partial charge on any atom is 0.233 e. The number of methoxy groups -OCH3 is 2. The molecule has 26 heavy (non-hydrogen) atoms. The molecule has 0 unspecified atom stereocenters. The topological polar surface area (TPSA) is 59.6 Å². The van der Waals surface area contributed by atoms with Gasteiger partial charge in [0.05, 0.1) is 20.8 Å². The van der Waals surface area contributed by atoms with E-state index in [9.17, 15) is 4.79 Å². The van der Waals surface area contributed by atoms with Crippen LogP contribution in [0.25, 0.3) is 0 Å². The zero-order chi connectivity index (χ0) is 18.9. The zero-order valence-corrected chi connectivity index (χ0v) is 15.9. The van der Waals surface area contributed by atoms with Crippen LogP contribution >= 0.6 is 0 Å². The summed E-state index contributed by atoms with van der Waals surface area (Å²) in [4.78, 5) is 12.1. The highest BCUT2D eigenvalue weighted by Crippen LogP contribution is 2.29. The zero-order valence-electron chi connectivity index (χ0n) is 15.9. The van der Waals surface area contributed by atoms with Crippen molar-refractivity contribution in [2.45, 2.75) is 25.8 Å². The molecule has 0 spiro atoms. The van der Waals surface area contributed by atoms with Gasteiger partial charge in [0.15, 0.2) is 11.5 Å². The molecule has 5 heteroatoms. The molecule has 0 bridgehead atoms. The monoisotopic (exact) mass is 356 g/mol. The Morgan fingerprint density at radius 3 is 2.31 bits per heavy atom.